The highest BCUT2D eigenvalue weighted by Gasteiger charge is 2.25. The third kappa shape index (κ3) is 5.21. The fourth-order valence-corrected chi connectivity index (χ4v) is 5.48. The summed E-state index contributed by atoms with van der Waals surface area (Å²) in [5, 5.41) is 0. The number of rotatable bonds is 8. The first kappa shape index (κ1) is 23.5. The van der Waals surface area contributed by atoms with E-state index in [-0.39, 0.29) is 0 Å². The highest BCUT2D eigenvalue weighted by atomic mass is 16.5. The van der Waals surface area contributed by atoms with Crippen molar-refractivity contribution in [3.63, 3.8) is 0 Å². The number of aromatic nitrogens is 2. The Bertz CT molecular complexity index is 935. The van der Waals surface area contributed by atoms with Crippen molar-refractivity contribution in [2.75, 3.05) is 88.5 Å². The van der Waals surface area contributed by atoms with Gasteiger partial charge in [-0.2, -0.15) is 0 Å². The summed E-state index contributed by atoms with van der Waals surface area (Å²) in [6, 6.07) is 8.92. The van der Waals surface area contributed by atoms with Crippen LogP contribution in [0.15, 0.2) is 24.3 Å². The Labute approximate surface area is 204 Å². The van der Waals surface area contributed by atoms with Gasteiger partial charge in [-0.25, -0.2) is 9.97 Å². The van der Waals surface area contributed by atoms with Crippen LogP contribution in [0, 0.1) is 0 Å². The molecule has 1 aromatic heterocycles. The van der Waals surface area contributed by atoms with E-state index in [1.54, 1.807) is 0 Å². The number of likely N-dealkylation sites (N-methyl/N-ethyl adjacent to an activating group) is 1. The maximum Gasteiger partial charge on any atom is 0.161 e. The fraction of sp³-hybridized carbons (Fsp3) is 0.630. The third-order valence-corrected chi connectivity index (χ3v) is 7.65. The molecule has 0 radical (unpaired) electrons. The van der Waals surface area contributed by atoms with Crippen molar-refractivity contribution in [1.29, 1.82) is 0 Å². The molecule has 0 atom stereocenters. The van der Waals surface area contributed by atoms with E-state index in [0.717, 1.165) is 103 Å². The van der Waals surface area contributed by atoms with Gasteiger partial charge in [0.25, 0.3) is 0 Å². The van der Waals surface area contributed by atoms with Crippen LogP contribution in [0.3, 0.4) is 0 Å². The minimum absolute atomic E-state index is 0.872. The quantitative estimate of drug-likeness (QED) is 0.595. The number of aryl methyl sites for hydroxylation is 1. The highest BCUT2D eigenvalue weighted by Crippen LogP contribution is 2.32. The molecule has 3 aliphatic heterocycles. The number of ether oxygens (including phenoxy) is 1. The average Bonchev–Trinajstić information content (AvgIpc) is 3.32. The van der Waals surface area contributed by atoms with E-state index >= 15 is 0 Å². The van der Waals surface area contributed by atoms with E-state index in [1.165, 1.54) is 29.2 Å². The van der Waals surface area contributed by atoms with Gasteiger partial charge in [0.15, 0.2) is 5.82 Å². The lowest BCUT2D eigenvalue weighted by Gasteiger charge is -2.35. The maximum absolute atomic E-state index is 5.48. The standard InChI is InChI=1S/C27H40N6O/c1-3-25-24-10-13-33(12-5-11-31-18-20-34-21-19-31)27(24)29-26(28-25)22-6-8-23(9-7-22)32-16-14-30(4-2)15-17-32/h6-9H,3-5,10-21H2,1-2H3. The normalized spacial score (nSPS) is 19.6. The van der Waals surface area contributed by atoms with Crippen molar-refractivity contribution in [2.24, 2.45) is 0 Å². The van der Waals surface area contributed by atoms with Crippen LogP contribution in [-0.2, 0) is 17.6 Å². The van der Waals surface area contributed by atoms with Crippen LogP contribution in [-0.4, -0.2) is 98.4 Å². The number of morpholine rings is 1. The van der Waals surface area contributed by atoms with Gasteiger partial charge in [0.1, 0.15) is 5.82 Å². The number of benzene rings is 1. The predicted molar refractivity (Wildman–Crippen MR) is 139 cm³/mol. The molecule has 0 aliphatic carbocycles. The van der Waals surface area contributed by atoms with E-state index in [4.69, 9.17) is 14.7 Å². The zero-order chi connectivity index (χ0) is 23.3. The van der Waals surface area contributed by atoms with Gasteiger partial charge >= 0.3 is 0 Å². The number of piperazine rings is 1. The SMILES string of the molecule is CCc1nc(-c2ccc(N3CCN(CC)CC3)cc2)nc2c1CCN2CCCN1CCOCC1. The summed E-state index contributed by atoms with van der Waals surface area (Å²) in [7, 11) is 0. The van der Waals surface area contributed by atoms with E-state index < -0.39 is 0 Å². The Morgan fingerprint density at radius 1 is 0.824 bits per heavy atom. The Balaban J connectivity index is 1.27. The van der Waals surface area contributed by atoms with Gasteiger partial charge in [0.05, 0.1) is 13.2 Å². The molecule has 34 heavy (non-hydrogen) atoms. The zero-order valence-electron chi connectivity index (χ0n) is 21.0. The molecular formula is C27H40N6O. The first-order chi connectivity index (χ1) is 16.7. The van der Waals surface area contributed by atoms with Crippen molar-refractivity contribution in [1.82, 2.24) is 19.8 Å². The van der Waals surface area contributed by atoms with Crippen LogP contribution in [0.25, 0.3) is 11.4 Å². The first-order valence-electron chi connectivity index (χ1n) is 13.3. The van der Waals surface area contributed by atoms with Crippen molar-refractivity contribution < 1.29 is 4.74 Å². The molecule has 2 aromatic rings. The van der Waals surface area contributed by atoms with Crippen molar-refractivity contribution in [3.05, 3.63) is 35.5 Å². The van der Waals surface area contributed by atoms with E-state index in [1.807, 2.05) is 0 Å². The fourth-order valence-electron chi connectivity index (χ4n) is 5.48. The van der Waals surface area contributed by atoms with Crippen molar-refractivity contribution in [2.45, 2.75) is 33.1 Å². The lowest BCUT2D eigenvalue weighted by Crippen LogP contribution is -2.46. The van der Waals surface area contributed by atoms with Gasteiger partial charge in [0.2, 0.25) is 0 Å². The molecule has 5 rings (SSSR count). The number of nitrogens with zero attached hydrogens (tertiary/aromatic N) is 6. The van der Waals surface area contributed by atoms with Gasteiger partial charge in [-0.1, -0.05) is 13.8 Å². The average molecular weight is 465 g/mol. The molecule has 3 aliphatic rings. The minimum atomic E-state index is 0.872. The second-order valence-electron chi connectivity index (χ2n) is 9.66. The van der Waals surface area contributed by atoms with Crippen LogP contribution < -0.4 is 9.80 Å². The molecule has 2 fully saturated rings. The van der Waals surface area contributed by atoms with E-state index in [2.05, 4.69) is 57.7 Å². The molecule has 2 saturated heterocycles. The zero-order valence-corrected chi connectivity index (χ0v) is 21.0. The Morgan fingerprint density at radius 3 is 2.29 bits per heavy atom. The van der Waals surface area contributed by atoms with Crippen LogP contribution in [0.5, 0.6) is 0 Å². The van der Waals surface area contributed by atoms with Gasteiger partial charge in [-0.3, -0.25) is 4.90 Å². The highest BCUT2D eigenvalue weighted by molar-refractivity contribution is 5.65. The molecular weight excluding hydrogens is 424 g/mol. The molecule has 0 saturated carbocycles. The summed E-state index contributed by atoms with van der Waals surface area (Å²) in [6.07, 6.45) is 3.19. The second kappa shape index (κ2) is 11.0. The smallest absolute Gasteiger partial charge is 0.161 e. The third-order valence-electron chi connectivity index (χ3n) is 7.65. The summed E-state index contributed by atoms with van der Waals surface area (Å²) >= 11 is 0. The van der Waals surface area contributed by atoms with Crippen molar-refractivity contribution >= 4 is 11.5 Å². The molecule has 0 unspecified atom stereocenters. The summed E-state index contributed by atoms with van der Waals surface area (Å²) < 4.78 is 5.48. The number of hydrogen-bond donors (Lipinski definition) is 0. The maximum atomic E-state index is 5.48. The number of anilines is 2. The molecule has 4 heterocycles. The lowest BCUT2D eigenvalue weighted by molar-refractivity contribution is 0.0376. The predicted octanol–water partition coefficient (Wildman–Crippen LogP) is 2.93. The Kier molecular flexibility index (Phi) is 7.62. The summed E-state index contributed by atoms with van der Waals surface area (Å²) in [6.45, 7) is 17.2. The van der Waals surface area contributed by atoms with Gasteiger partial charge in [-0.15, -0.1) is 0 Å². The lowest BCUT2D eigenvalue weighted by atomic mass is 10.1. The molecule has 7 heteroatoms. The first-order valence-corrected chi connectivity index (χ1v) is 13.3. The molecule has 0 bridgehead atoms. The molecule has 7 nitrogen and oxygen atoms in total. The van der Waals surface area contributed by atoms with Crippen LogP contribution in [0.4, 0.5) is 11.5 Å². The van der Waals surface area contributed by atoms with Crippen LogP contribution >= 0.6 is 0 Å². The second-order valence-corrected chi connectivity index (χ2v) is 9.66. The molecule has 0 N–H and O–H groups in total. The molecule has 1 aromatic carbocycles. The number of fused-ring (bicyclic) bond motifs is 1. The topological polar surface area (TPSA) is 48.0 Å². The van der Waals surface area contributed by atoms with Gasteiger partial charge in [0, 0.05) is 81.4 Å². The minimum Gasteiger partial charge on any atom is -0.379 e. The molecule has 184 valence electrons. The van der Waals surface area contributed by atoms with Gasteiger partial charge < -0.3 is 19.4 Å². The molecule has 0 spiro atoms. The monoisotopic (exact) mass is 464 g/mol. The van der Waals surface area contributed by atoms with Crippen LogP contribution in [0.2, 0.25) is 0 Å². The van der Waals surface area contributed by atoms with Crippen LogP contribution in [0.1, 0.15) is 31.5 Å². The van der Waals surface area contributed by atoms with Crippen molar-refractivity contribution in [3.8, 4) is 11.4 Å². The Hall–Kier alpha value is -2.22. The number of hydrogen-bond acceptors (Lipinski definition) is 7. The summed E-state index contributed by atoms with van der Waals surface area (Å²) in [5.74, 6) is 2.04. The van der Waals surface area contributed by atoms with E-state index in [0.29, 0.717) is 0 Å². The largest absolute Gasteiger partial charge is 0.379 e. The van der Waals surface area contributed by atoms with Gasteiger partial charge in [-0.05, 0) is 50.1 Å². The summed E-state index contributed by atoms with van der Waals surface area (Å²) in [5.41, 5.74) is 5.01. The van der Waals surface area contributed by atoms with E-state index in [9.17, 15) is 0 Å². The molecule has 0 amide bonds. The summed E-state index contributed by atoms with van der Waals surface area (Å²) in [4.78, 5) is 20.1. The Morgan fingerprint density at radius 2 is 1.59 bits per heavy atom.